The molecule has 0 aromatic carbocycles. The van der Waals surface area contributed by atoms with Crippen molar-refractivity contribution in [1.29, 1.82) is 0 Å². The van der Waals surface area contributed by atoms with Crippen LogP contribution in [0.4, 0.5) is 0 Å². The second kappa shape index (κ2) is 17.8. The van der Waals surface area contributed by atoms with E-state index < -0.39 is 16.1 Å². The molecule has 39 heavy (non-hydrogen) atoms. The van der Waals surface area contributed by atoms with Gasteiger partial charge in [-0.15, -0.1) is 0 Å². The molecule has 0 saturated heterocycles. The Morgan fingerprint density at radius 2 is 0.769 bits per heavy atom. The fourth-order valence-corrected chi connectivity index (χ4v) is 8.19. The predicted molar refractivity (Wildman–Crippen MR) is 163 cm³/mol. The van der Waals surface area contributed by atoms with E-state index in [2.05, 4.69) is 121 Å². The molecule has 5 aliphatic rings. The third-order valence-electron chi connectivity index (χ3n) is 6.78. The Balaban J connectivity index is 0.000000529. The normalized spacial score (nSPS) is 24.5. The molecular weight excluding hydrogens is 592 g/mol. The van der Waals surface area contributed by atoms with Crippen molar-refractivity contribution in [2.24, 2.45) is 0 Å². The average molecular weight is 637 g/mol. The van der Waals surface area contributed by atoms with Crippen LogP contribution in [0.15, 0.2) is 12.4 Å². The van der Waals surface area contributed by atoms with E-state index in [-0.39, 0.29) is 34.1 Å². The van der Waals surface area contributed by atoms with Gasteiger partial charge in [-0.2, -0.15) is 0 Å². The van der Waals surface area contributed by atoms with Gasteiger partial charge >= 0.3 is 34.1 Å². The molecular formula is C33H44Fe2N2Si2+4. The van der Waals surface area contributed by atoms with Crippen molar-refractivity contribution in [3.8, 4) is 0 Å². The molecule has 0 amide bonds. The Morgan fingerprint density at radius 1 is 0.487 bits per heavy atom. The van der Waals surface area contributed by atoms with Crippen molar-refractivity contribution in [1.82, 2.24) is 9.80 Å². The first-order valence-corrected chi connectivity index (χ1v) is 20.4. The van der Waals surface area contributed by atoms with E-state index in [1.54, 1.807) is 11.1 Å². The van der Waals surface area contributed by atoms with Crippen LogP contribution in [0.3, 0.4) is 0 Å². The molecule has 5 rings (SSSR count). The zero-order valence-corrected chi connectivity index (χ0v) is 28.9. The summed E-state index contributed by atoms with van der Waals surface area (Å²) in [6.07, 6.45) is 38.0. The molecule has 0 bridgehead atoms. The number of rotatable bonds is 6. The van der Waals surface area contributed by atoms with E-state index >= 15 is 0 Å². The number of nitrogens with zero attached hydrogens (tertiary/aromatic N) is 2. The molecule has 0 aromatic heterocycles. The first-order valence-electron chi connectivity index (χ1n) is 13.4. The fraction of sp³-hybridized carbons (Fsp3) is 0.303. The summed E-state index contributed by atoms with van der Waals surface area (Å²) in [5, 5.41) is 0. The molecule has 22 radical (unpaired) electrons. The summed E-state index contributed by atoms with van der Waals surface area (Å²) >= 11 is 0. The minimum Gasteiger partial charge on any atom is -0.343 e. The third kappa shape index (κ3) is 11.4. The maximum absolute atomic E-state index is 3.61. The molecule has 4 saturated carbocycles. The van der Waals surface area contributed by atoms with Gasteiger partial charge in [0, 0.05) is 36.3 Å². The Hall–Kier alpha value is 0.813. The smallest absolute Gasteiger partial charge is 0.343 e. The summed E-state index contributed by atoms with van der Waals surface area (Å²) in [4.78, 5) is 4.49. The molecule has 1 aliphatic heterocycles. The van der Waals surface area contributed by atoms with Crippen molar-refractivity contribution in [3.63, 3.8) is 0 Å². The Bertz CT molecular complexity index is 611. The first-order chi connectivity index (χ1) is 17.5. The maximum Gasteiger partial charge on any atom is 2.00 e. The molecule has 2 nitrogen and oxygen atoms in total. The van der Waals surface area contributed by atoms with Gasteiger partial charge in [-0.05, 0) is 128 Å². The second-order valence-corrected chi connectivity index (χ2v) is 21.9. The van der Waals surface area contributed by atoms with Gasteiger partial charge in [-0.25, -0.2) is 0 Å². The summed E-state index contributed by atoms with van der Waals surface area (Å²) in [7, 11) is -2.68. The molecule has 6 heteroatoms. The van der Waals surface area contributed by atoms with E-state index in [4.69, 9.17) is 0 Å². The summed E-state index contributed by atoms with van der Waals surface area (Å²) in [6, 6.07) is 0.623. The molecule has 0 N–H and O–H groups in total. The number of hydrogen-bond acceptors (Lipinski definition) is 2. The van der Waals surface area contributed by atoms with E-state index in [1.165, 1.54) is 11.8 Å². The van der Waals surface area contributed by atoms with Crippen LogP contribution in [-0.4, -0.2) is 38.0 Å². The monoisotopic (exact) mass is 636 g/mol. The van der Waals surface area contributed by atoms with Crippen molar-refractivity contribution in [3.05, 3.63) is 145 Å². The zero-order chi connectivity index (χ0) is 27.1. The van der Waals surface area contributed by atoms with Crippen molar-refractivity contribution in [2.45, 2.75) is 65.2 Å². The molecule has 1 heterocycles. The standard InChI is InChI=1S/C23H34N2Si2.2C5H5.2Fe/c1-18(20-11-9-13-22(20)26(3,4)5)24-15-16-25(17-24)19(2)21-12-10-14-23(21)27(6,7)8;2*1-2-4-5-3-1;;/h9-16,18-19H,1-8H3;2*1-5H;;/q;;;2*+2/t18-,19-;;;;/m1..../s1. The predicted octanol–water partition coefficient (Wildman–Crippen LogP) is 7.19. The molecule has 0 unspecified atom stereocenters. The second-order valence-electron chi connectivity index (χ2n) is 11.8. The van der Waals surface area contributed by atoms with E-state index in [9.17, 15) is 0 Å². The zero-order valence-electron chi connectivity index (χ0n) is 24.6. The van der Waals surface area contributed by atoms with E-state index in [0.717, 1.165) is 0 Å². The minimum absolute atomic E-state index is 0. The van der Waals surface area contributed by atoms with E-state index in [1.807, 2.05) is 64.2 Å². The molecule has 2 atom stereocenters. The van der Waals surface area contributed by atoms with Gasteiger partial charge in [0.1, 0.15) is 0 Å². The Labute approximate surface area is 268 Å². The van der Waals surface area contributed by atoms with Crippen LogP contribution in [0.25, 0.3) is 0 Å². The van der Waals surface area contributed by atoms with Gasteiger partial charge in [0.25, 0.3) is 0 Å². The van der Waals surface area contributed by atoms with Gasteiger partial charge in [0.05, 0.1) is 16.1 Å². The number of hydrogen-bond donors (Lipinski definition) is 0. The van der Waals surface area contributed by atoms with Crippen LogP contribution in [-0.2, 0) is 34.1 Å². The summed E-state index contributed by atoms with van der Waals surface area (Å²) in [6.45, 7) is 22.7. The van der Waals surface area contributed by atoms with Crippen molar-refractivity contribution < 1.29 is 34.1 Å². The summed E-state index contributed by atoms with van der Waals surface area (Å²) in [5.74, 6) is 2.91. The van der Waals surface area contributed by atoms with Crippen LogP contribution in [0.1, 0.15) is 13.8 Å². The van der Waals surface area contributed by atoms with Crippen LogP contribution >= 0.6 is 0 Å². The average Bonchev–Trinajstić information content (AvgIpc) is 3.68. The fourth-order valence-electron chi connectivity index (χ4n) is 4.68. The largest absolute Gasteiger partial charge is 2.00 e. The topological polar surface area (TPSA) is 6.48 Å². The Morgan fingerprint density at radius 3 is 1.03 bits per heavy atom. The van der Waals surface area contributed by atoms with Gasteiger partial charge in [-0.1, -0.05) is 39.3 Å². The molecule has 4 fully saturated rings. The summed E-state index contributed by atoms with van der Waals surface area (Å²) in [5.41, 5.74) is 3.13. The molecule has 4 aliphatic carbocycles. The van der Waals surface area contributed by atoms with Crippen molar-refractivity contribution in [2.75, 3.05) is 0 Å². The van der Waals surface area contributed by atoms with Crippen LogP contribution in [0.5, 0.6) is 0 Å². The Kier molecular flexibility index (Phi) is 17.3. The summed E-state index contributed by atoms with van der Waals surface area (Å²) < 4.78 is 0. The third-order valence-corrected chi connectivity index (χ3v) is 10.9. The minimum atomic E-state index is -1.34. The van der Waals surface area contributed by atoms with Gasteiger partial charge in [0.15, 0.2) is 0 Å². The molecule has 0 aromatic rings. The van der Waals surface area contributed by atoms with E-state index in [0.29, 0.717) is 12.1 Å². The maximum atomic E-state index is 3.61. The quantitative estimate of drug-likeness (QED) is 0.285. The van der Waals surface area contributed by atoms with Crippen LogP contribution < -0.4 is 0 Å². The molecule has 0 spiro atoms. The first kappa shape index (κ1) is 37.8. The van der Waals surface area contributed by atoms with Crippen LogP contribution in [0.2, 0.25) is 39.3 Å². The van der Waals surface area contributed by atoms with Crippen molar-refractivity contribution >= 4 is 16.1 Å². The van der Waals surface area contributed by atoms with Gasteiger partial charge in [-0.3, -0.25) is 0 Å². The van der Waals surface area contributed by atoms with Gasteiger partial charge in [0.2, 0.25) is 6.67 Å². The molecule has 206 valence electrons. The van der Waals surface area contributed by atoms with Crippen LogP contribution in [0, 0.1) is 132 Å². The SMILES string of the molecule is C[C@H]([C]1[CH][CH][CH][C]1[Si](C)(C)C)N1[C]N([C@H](C)[C]2[CH][CH][CH][C]2[Si](C)(C)C)C=C1.[CH]1[CH][CH][CH][CH]1.[CH]1[CH][CH][CH][CH]1.[Fe+2].[Fe+2]. The van der Waals surface area contributed by atoms with Gasteiger partial charge < -0.3 is 9.80 Å².